The van der Waals surface area contributed by atoms with Gasteiger partial charge in [-0.2, -0.15) is 5.10 Å². The van der Waals surface area contributed by atoms with Gasteiger partial charge in [0.15, 0.2) is 10.9 Å². The highest BCUT2D eigenvalue weighted by atomic mass is 35.5. The summed E-state index contributed by atoms with van der Waals surface area (Å²) in [4.78, 5) is 0. The van der Waals surface area contributed by atoms with Crippen LogP contribution in [0.25, 0.3) is 0 Å². The first-order chi connectivity index (χ1) is 11.0. The van der Waals surface area contributed by atoms with E-state index in [4.69, 9.17) is 47.0 Å². The molecule has 0 unspecified atom stereocenters. The van der Waals surface area contributed by atoms with E-state index in [1.807, 2.05) is 0 Å². The summed E-state index contributed by atoms with van der Waals surface area (Å²) in [6.45, 7) is 3.36. The molecule has 0 fully saturated rings. The number of hydrogen-bond acceptors (Lipinski definition) is 2. The monoisotopic (exact) mass is 390 g/mol. The van der Waals surface area contributed by atoms with Gasteiger partial charge in [0.25, 0.3) is 0 Å². The van der Waals surface area contributed by atoms with Crippen LogP contribution in [0.4, 0.5) is 5.82 Å². The summed E-state index contributed by atoms with van der Waals surface area (Å²) in [5, 5.41) is 12.7. The second kappa shape index (κ2) is 8.73. The van der Waals surface area contributed by atoms with E-state index in [9.17, 15) is 0 Å². The standard InChI is InChI=1S/C15H17Cl3N4S/c1-2-3-7-19-15(23)20-14-13(18)9-22(21-14)8-10-11(16)5-4-6-12(10)17/h4-6,9H,2-3,7-8H2,1H3,(H2,19,20,21,23). The second-order valence-electron chi connectivity index (χ2n) is 4.96. The summed E-state index contributed by atoms with van der Waals surface area (Å²) >= 11 is 23.8. The Morgan fingerprint density at radius 2 is 1.91 bits per heavy atom. The normalized spacial score (nSPS) is 10.6. The molecule has 0 amide bonds. The molecule has 2 N–H and O–H groups in total. The Kier molecular flexibility index (Phi) is 6.96. The van der Waals surface area contributed by atoms with Crippen LogP contribution in [0.5, 0.6) is 0 Å². The maximum Gasteiger partial charge on any atom is 0.173 e. The molecule has 0 aliphatic heterocycles. The lowest BCUT2D eigenvalue weighted by atomic mass is 10.2. The number of unbranched alkanes of at least 4 members (excludes halogenated alkanes) is 1. The van der Waals surface area contributed by atoms with Gasteiger partial charge < -0.3 is 10.6 Å². The molecule has 0 aliphatic carbocycles. The Hall–Kier alpha value is -1.01. The number of rotatable bonds is 6. The van der Waals surface area contributed by atoms with Crippen LogP contribution in [0, 0.1) is 0 Å². The zero-order valence-electron chi connectivity index (χ0n) is 12.6. The third-order valence-corrected chi connectivity index (χ3v) is 4.38. The maximum atomic E-state index is 6.20. The summed E-state index contributed by atoms with van der Waals surface area (Å²) in [6.07, 6.45) is 3.86. The minimum atomic E-state index is 0.427. The SMILES string of the molecule is CCCCNC(=S)Nc1nn(Cc2c(Cl)cccc2Cl)cc1Cl. The minimum Gasteiger partial charge on any atom is -0.362 e. The summed E-state index contributed by atoms with van der Waals surface area (Å²) in [7, 11) is 0. The van der Waals surface area contributed by atoms with Gasteiger partial charge in [0.05, 0.1) is 6.54 Å². The van der Waals surface area contributed by atoms with E-state index in [1.165, 1.54) is 0 Å². The molecular formula is C15H17Cl3N4S. The van der Waals surface area contributed by atoms with E-state index in [0.717, 1.165) is 24.9 Å². The van der Waals surface area contributed by atoms with Gasteiger partial charge in [0.1, 0.15) is 5.02 Å². The molecule has 0 saturated carbocycles. The third kappa shape index (κ3) is 5.24. The van der Waals surface area contributed by atoms with Crippen LogP contribution in [-0.4, -0.2) is 21.4 Å². The van der Waals surface area contributed by atoms with Gasteiger partial charge in [0.2, 0.25) is 0 Å². The number of nitrogens with one attached hydrogen (secondary N) is 2. The van der Waals surface area contributed by atoms with Crippen LogP contribution < -0.4 is 10.6 Å². The van der Waals surface area contributed by atoms with Crippen LogP contribution in [0.2, 0.25) is 15.1 Å². The van der Waals surface area contributed by atoms with Crippen molar-refractivity contribution in [3.8, 4) is 0 Å². The van der Waals surface area contributed by atoms with Gasteiger partial charge in [0, 0.05) is 28.4 Å². The van der Waals surface area contributed by atoms with Crippen LogP contribution in [0.15, 0.2) is 24.4 Å². The average Bonchev–Trinajstić information content (AvgIpc) is 2.83. The average molecular weight is 392 g/mol. The molecule has 0 radical (unpaired) electrons. The summed E-state index contributed by atoms with van der Waals surface area (Å²) in [6, 6.07) is 5.39. The van der Waals surface area contributed by atoms with Crippen molar-refractivity contribution in [2.24, 2.45) is 0 Å². The van der Waals surface area contributed by atoms with Crippen LogP contribution >= 0.6 is 47.0 Å². The zero-order chi connectivity index (χ0) is 16.8. The van der Waals surface area contributed by atoms with Gasteiger partial charge in [-0.25, -0.2) is 0 Å². The molecule has 2 aromatic rings. The van der Waals surface area contributed by atoms with Crippen molar-refractivity contribution in [2.45, 2.75) is 26.3 Å². The van der Waals surface area contributed by atoms with Gasteiger partial charge >= 0.3 is 0 Å². The van der Waals surface area contributed by atoms with E-state index < -0.39 is 0 Å². The molecule has 8 heteroatoms. The van der Waals surface area contributed by atoms with Crippen LogP contribution in [-0.2, 0) is 6.54 Å². The molecule has 124 valence electrons. The maximum absolute atomic E-state index is 6.20. The highest BCUT2D eigenvalue weighted by Crippen LogP contribution is 2.26. The van der Waals surface area contributed by atoms with E-state index in [1.54, 1.807) is 29.1 Å². The lowest BCUT2D eigenvalue weighted by molar-refractivity contribution is 0.690. The van der Waals surface area contributed by atoms with Crippen molar-refractivity contribution in [2.75, 3.05) is 11.9 Å². The zero-order valence-corrected chi connectivity index (χ0v) is 15.7. The molecule has 1 heterocycles. The van der Waals surface area contributed by atoms with Gasteiger partial charge in [-0.3, -0.25) is 4.68 Å². The van der Waals surface area contributed by atoms with Crippen molar-refractivity contribution in [1.82, 2.24) is 15.1 Å². The highest BCUT2D eigenvalue weighted by molar-refractivity contribution is 7.80. The van der Waals surface area contributed by atoms with Crippen molar-refractivity contribution in [3.63, 3.8) is 0 Å². The van der Waals surface area contributed by atoms with Crippen molar-refractivity contribution >= 4 is 58.0 Å². The molecule has 0 aliphatic rings. The van der Waals surface area contributed by atoms with Gasteiger partial charge in [-0.1, -0.05) is 54.2 Å². The van der Waals surface area contributed by atoms with Crippen molar-refractivity contribution < 1.29 is 0 Å². The first kappa shape index (κ1) is 18.3. The molecule has 0 spiro atoms. The molecular weight excluding hydrogens is 375 g/mol. The Bertz CT molecular complexity index is 667. The predicted octanol–water partition coefficient (Wildman–Crippen LogP) is 4.98. The first-order valence-corrected chi connectivity index (χ1v) is 8.76. The van der Waals surface area contributed by atoms with E-state index in [2.05, 4.69) is 22.7 Å². The molecule has 1 aromatic carbocycles. The van der Waals surface area contributed by atoms with Crippen LogP contribution in [0.1, 0.15) is 25.3 Å². The second-order valence-corrected chi connectivity index (χ2v) is 6.59. The molecule has 1 aromatic heterocycles. The number of nitrogens with zero attached hydrogens (tertiary/aromatic N) is 2. The van der Waals surface area contributed by atoms with E-state index >= 15 is 0 Å². The number of anilines is 1. The Balaban J connectivity index is 2.05. The van der Waals surface area contributed by atoms with Crippen LogP contribution in [0.3, 0.4) is 0 Å². The number of halogens is 3. The van der Waals surface area contributed by atoms with E-state index in [-0.39, 0.29) is 0 Å². The predicted molar refractivity (Wildman–Crippen MR) is 102 cm³/mol. The molecule has 23 heavy (non-hydrogen) atoms. The van der Waals surface area contributed by atoms with Gasteiger partial charge in [-0.15, -0.1) is 0 Å². The number of benzene rings is 1. The summed E-state index contributed by atoms with van der Waals surface area (Å²) in [5.41, 5.74) is 0.796. The fourth-order valence-electron chi connectivity index (χ4n) is 1.94. The fourth-order valence-corrected chi connectivity index (χ4v) is 2.85. The summed E-state index contributed by atoms with van der Waals surface area (Å²) in [5.74, 6) is 0.504. The first-order valence-electron chi connectivity index (χ1n) is 7.22. The topological polar surface area (TPSA) is 41.9 Å². The number of thiocarbonyl (C=S) groups is 1. The lowest BCUT2D eigenvalue weighted by Gasteiger charge is -2.08. The number of aromatic nitrogens is 2. The fraction of sp³-hybridized carbons (Fsp3) is 0.333. The van der Waals surface area contributed by atoms with Crippen molar-refractivity contribution in [1.29, 1.82) is 0 Å². The molecule has 0 bridgehead atoms. The van der Waals surface area contributed by atoms with E-state index in [0.29, 0.717) is 32.5 Å². The summed E-state index contributed by atoms with van der Waals surface area (Å²) < 4.78 is 1.67. The molecule has 4 nitrogen and oxygen atoms in total. The smallest absolute Gasteiger partial charge is 0.173 e. The minimum absolute atomic E-state index is 0.427. The quantitative estimate of drug-likeness (QED) is 0.538. The third-order valence-electron chi connectivity index (χ3n) is 3.15. The molecule has 2 rings (SSSR count). The Morgan fingerprint density at radius 3 is 2.57 bits per heavy atom. The van der Waals surface area contributed by atoms with Gasteiger partial charge in [-0.05, 0) is 30.8 Å². The molecule has 0 saturated heterocycles. The Labute approximate surface area is 156 Å². The highest BCUT2D eigenvalue weighted by Gasteiger charge is 2.11. The molecule has 0 atom stereocenters. The largest absolute Gasteiger partial charge is 0.362 e. The Morgan fingerprint density at radius 1 is 1.22 bits per heavy atom. The lowest BCUT2D eigenvalue weighted by Crippen LogP contribution is -2.29. The number of hydrogen-bond donors (Lipinski definition) is 2. The van der Waals surface area contributed by atoms with Crippen molar-refractivity contribution in [3.05, 3.63) is 45.0 Å².